The molecule has 8 aromatic rings. The first-order chi connectivity index (χ1) is 22.8. The van der Waals surface area contributed by atoms with Gasteiger partial charge in [0.2, 0.25) is 0 Å². The number of hydrogen-bond acceptors (Lipinski definition) is 2. The van der Waals surface area contributed by atoms with E-state index in [0.717, 1.165) is 39.5 Å². The van der Waals surface area contributed by atoms with Gasteiger partial charge in [0.25, 0.3) is 0 Å². The van der Waals surface area contributed by atoms with Gasteiger partial charge in [0.05, 0.1) is 22.4 Å². The molecule has 224 valence electrons. The van der Waals surface area contributed by atoms with Crippen LogP contribution >= 0.6 is 0 Å². The van der Waals surface area contributed by atoms with E-state index in [4.69, 9.17) is 9.97 Å². The summed E-state index contributed by atoms with van der Waals surface area (Å²) in [5, 5.41) is 4.89. The van der Waals surface area contributed by atoms with Gasteiger partial charge in [-0.05, 0) is 62.9 Å². The van der Waals surface area contributed by atoms with Gasteiger partial charge in [-0.3, -0.25) is 4.57 Å². The predicted molar refractivity (Wildman–Crippen MR) is 194 cm³/mol. The van der Waals surface area contributed by atoms with Crippen molar-refractivity contribution in [3.05, 3.63) is 150 Å². The van der Waals surface area contributed by atoms with Gasteiger partial charge in [0, 0.05) is 32.7 Å². The van der Waals surface area contributed by atoms with Crippen molar-refractivity contribution in [3.63, 3.8) is 0 Å². The van der Waals surface area contributed by atoms with Crippen LogP contribution < -0.4 is 0 Å². The number of hydrogen-bond donors (Lipinski definition) is 0. The van der Waals surface area contributed by atoms with Crippen LogP contribution in [0.3, 0.4) is 0 Å². The summed E-state index contributed by atoms with van der Waals surface area (Å²) in [6.45, 7) is 9.25. The molecule has 2 aliphatic carbocycles. The van der Waals surface area contributed by atoms with Crippen LogP contribution in [0.5, 0.6) is 0 Å². The van der Waals surface area contributed by atoms with Gasteiger partial charge in [0.1, 0.15) is 5.69 Å². The molecule has 0 fully saturated rings. The van der Waals surface area contributed by atoms with Gasteiger partial charge in [-0.2, -0.15) is 0 Å². The van der Waals surface area contributed by atoms with Crippen LogP contribution in [-0.4, -0.2) is 14.5 Å². The van der Waals surface area contributed by atoms with E-state index in [1.165, 1.54) is 54.9 Å². The lowest BCUT2D eigenvalue weighted by Gasteiger charge is -2.23. The summed E-state index contributed by atoms with van der Waals surface area (Å²) < 4.78 is 2.37. The maximum atomic E-state index is 5.69. The molecule has 3 nitrogen and oxygen atoms in total. The first kappa shape index (κ1) is 26.7. The molecular weight excluding hydrogens is 571 g/mol. The van der Waals surface area contributed by atoms with E-state index in [1.54, 1.807) is 0 Å². The van der Waals surface area contributed by atoms with Gasteiger partial charge in [-0.1, -0.05) is 131 Å². The van der Waals surface area contributed by atoms with Gasteiger partial charge in [0.15, 0.2) is 5.82 Å². The van der Waals surface area contributed by atoms with Crippen molar-refractivity contribution in [2.24, 2.45) is 0 Å². The van der Waals surface area contributed by atoms with Crippen LogP contribution in [0.4, 0.5) is 0 Å². The van der Waals surface area contributed by atoms with Crippen molar-refractivity contribution in [2.75, 3.05) is 0 Å². The Morgan fingerprint density at radius 2 is 1.11 bits per heavy atom. The fraction of sp³-hybridized carbons (Fsp3) is 0.136. The van der Waals surface area contributed by atoms with Gasteiger partial charge < -0.3 is 0 Å². The highest BCUT2D eigenvalue weighted by molar-refractivity contribution is 6.13. The number of aromatic nitrogens is 3. The Balaban J connectivity index is 1.33. The number of para-hydroxylation sites is 1. The summed E-state index contributed by atoms with van der Waals surface area (Å²) in [7, 11) is 0. The molecule has 10 rings (SSSR count). The van der Waals surface area contributed by atoms with Gasteiger partial charge in [-0.25, -0.2) is 9.97 Å². The Morgan fingerprint density at radius 3 is 1.91 bits per heavy atom. The number of rotatable bonds is 2. The van der Waals surface area contributed by atoms with Crippen LogP contribution in [0.15, 0.2) is 127 Å². The van der Waals surface area contributed by atoms with Crippen LogP contribution in [0.25, 0.3) is 72.0 Å². The fourth-order valence-corrected chi connectivity index (χ4v) is 8.50. The van der Waals surface area contributed by atoms with Crippen molar-refractivity contribution >= 4 is 32.6 Å². The average Bonchev–Trinajstić information content (AvgIpc) is 3.63. The molecule has 2 aliphatic rings. The topological polar surface area (TPSA) is 30.7 Å². The first-order valence-corrected chi connectivity index (χ1v) is 16.5. The van der Waals surface area contributed by atoms with Gasteiger partial charge in [-0.15, -0.1) is 0 Å². The molecular formula is C44H33N3. The summed E-state index contributed by atoms with van der Waals surface area (Å²) in [6.07, 6.45) is 0. The molecule has 0 saturated heterocycles. The Hall–Kier alpha value is -5.54. The first-order valence-electron chi connectivity index (χ1n) is 16.5. The third-order valence-corrected chi connectivity index (χ3v) is 10.9. The Bertz CT molecular complexity index is 2640. The zero-order valence-corrected chi connectivity index (χ0v) is 27.0. The van der Waals surface area contributed by atoms with Crippen molar-refractivity contribution in [1.29, 1.82) is 0 Å². The van der Waals surface area contributed by atoms with E-state index in [-0.39, 0.29) is 10.8 Å². The molecule has 0 saturated carbocycles. The molecule has 0 radical (unpaired) electrons. The third-order valence-electron chi connectivity index (χ3n) is 10.9. The largest absolute Gasteiger partial charge is 0.292 e. The predicted octanol–water partition coefficient (Wildman–Crippen LogP) is 11.0. The average molecular weight is 604 g/mol. The number of nitrogens with zero attached hydrogens (tertiary/aromatic N) is 3. The smallest absolute Gasteiger partial charge is 0.164 e. The molecule has 6 aromatic carbocycles. The van der Waals surface area contributed by atoms with E-state index in [9.17, 15) is 0 Å². The molecule has 3 heteroatoms. The standard InChI is InChI=1S/C44H33N3/c1-43(2)34-18-10-7-15-29(34)30-22-21-28(24-36(30)43)39-42(46-41-40(45-39)32-17-8-11-19-35(32)44(41,3)4)47-37-20-12-9-16-31(37)33-23-26-13-5-6-14-27(26)25-38(33)47/h5-25H,1-4H3. The van der Waals surface area contributed by atoms with Crippen LogP contribution in [0.2, 0.25) is 0 Å². The van der Waals surface area contributed by atoms with E-state index in [1.807, 2.05) is 0 Å². The Morgan fingerprint density at radius 1 is 0.468 bits per heavy atom. The second-order valence-electron chi connectivity index (χ2n) is 14.3. The molecule has 0 N–H and O–H groups in total. The minimum absolute atomic E-state index is 0.118. The molecule has 0 atom stereocenters. The maximum absolute atomic E-state index is 5.69. The minimum atomic E-state index is -0.279. The Labute approximate surface area is 274 Å². The maximum Gasteiger partial charge on any atom is 0.164 e. The quantitative estimate of drug-likeness (QED) is 0.197. The summed E-state index contributed by atoms with van der Waals surface area (Å²) in [4.78, 5) is 11.3. The summed E-state index contributed by atoms with van der Waals surface area (Å²) in [5.74, 6) is 0.874. The zero-order valence-electron chi connectivity index (χ0n) is 27.0. The molecule has 0 bridgehead atoms. The molecule has 2 heterocycles. The van der Waals surface area contributed by atoms with E-state index < -0.39 is 0 Å². The molecule has 2 aromatic heterocycles. The summed E-state index contributed by atoms with van der Waals surface area (Å²) in [6, 6.07) is 46.5. The summed E-state index contributed by atoms with van der Waals surface area (Å²) in [5.41, 5.74) is 13.7. The lowest BCUT2D eigenvalue weighted by molar-refractivity contribution is 0.633. The van der Waals surface area contributed by atoms with Crippen LogP contribution in [-0.2, 0) is 10.8 Å². The van der Waals surface area contributed by atoms with Crippen molar-refractivity contribution < 1.29 is 0 Å². The lowest BCUT2D eigenvalue weighted by atomic mass is 9.82. The molecule has 0 aliphatic heterocycles. The molecule has 0 unspecified atom stereocenters. The second kappa shape index (κ2) is 9.04. The minimum Gasteiger partial charge on any atom is -0.292 e. The second-order valence-corrected chi connectivity index (χ2v) is 14.3. The van der Waals surface area contributed by atoms with Crippen molar-refractivity contribution in [1.82, 2.24) is 14.5 Å². The highest BCUT2D eigenvalue weighted by Gasteiger charge is 2.40. The third kappa shape index (κ3) is 3.46. The molecule has 0 spiro atoms. The van der Waals surface area contributed by atoms with Crippen molar-refractivity contribution in [3.8, 4) is 39.5 Å². The van der Waals surface area contributed by atoms with Crippen LogP contribution in [0, 0.1) is 0 Å². The normalized spacial score (nSPS) is 15.1. The fourth-order valence-electron chi connectivity index (χ4n) is 8.50. The van der Waals surface area contributed by atoms with Crippen LogP contribution in [0.1, 0.15) is 50.1 Å². The van der Waals surface area contributed by atoms with E-state index in [0.29, 0.717) is 0 Å². The lowest BCUT2D eigenvalue weighted by Crippen LogP contribution is -2.19. The SMILES string of the molecule is CC1(C)c2ccccc2-c2ccc(-c3nc4c(nc3-n3c5ccccc5c5cc6ccccc6cc53)C(C)(C)c3ccccc3-4)cc21. The summed E-state index contributed by atoms with van der Waals surface area (Å²) >= 11 is 0. The highest BCUT2D eigenvalue weighted by atomic mass is 15.1. The number of fused-ring (bicyclic) bond motifs is 10. The Kier molecular flexibility index (Phi) is 5.13. The molecule has 0 amide bonds. The van der Waals surface area contributed by atoms with Crippen molar-refractivity contribution in [2.45, 2.75) is 38.5 Å². The monoisotopic (exact) mass is 603 g/mol. The zero-order chi connectivity index (χ0) is 31.7. The van der Waals surface area contributed by atoms with Gasteiger partial charge >= 0.3 is 0 Å². The molecule has 47 heavy (non-hydrogen) atoms. The highest BCUT2D eigenvalue weighted by Crippen LogP contribution is 2.52. The van der Waals surface area contributed by atoms with E-state index >= 15 is 0 Å². The van der Waals surface area contributed by atoms with E-state index in [2.05, 4.69) is 160 Å². The number of benzene rings is 6.